The van der Waals surface area contributed by atoms with Gasteiger partial charge >= 0.3 is 0 Å². The Morgan fingerprint density at radius 2 is 1.84 bits per heavy atom. The first-order chi connectivity index (χ1) is 15.6. The molecule has 2 fully saturated rings. The maximum Gasteiger partial charge on any atom is 0.236 e. The molecule has 8 heteroatoms. The summed E-state index contributed by atoms with van der Waals surface area (Å²) in [5.41, 5.74) is 5.00. The minimum absolute atomic E-state index is 0.0351. The first kappa shape index (κ1) is 20.9. The summed E-state index contributed by atoms with van der Waals surface area (Å²) in [5, 5.41) is 18.0. The molecule has 2 aromatic carbocycles. The number of rotatable bonds is 6. The molecule has 2 aliphatic rings. The number of hydrogen-bond acceptors (Lipinski definition) is 5. The van der Waals surface area contributed by atoms with Crippen molar-refractivity contribution in [1.29, 1.82) is 5.26 Å². The zero-order valence-corrected chi connectivity index (χ0v) is 18.6. The molecule has 1 amide bonds. The van der Waals surface area contributed by atoms with E-state index in [0.29, 0.717) is 18.1 Å². The molecule has 1 aliphatic heterocycles. The van der Waals surface area contributed by atoms with Crippen molar-refractivity contribution in [3.8, 4) is 17.2 Å². The smallest absolute Gasteiger partial charge is 0.236 e. The second-order valence-corrected chi connectivity index (χ2v) is 9.08. The quantitative estimate of drug-likeness (QED) is 0.574. The van der Waals surface area contributed by atoms with Crippen LogP contribution in [0, 0.1) is 17.2 Å². The van der Waals surface area contributed by atoms with Crippen molar-refractivity contribution in [2.24, 2.45) is 5.92 Å². The van der Waals surface area contributed by atoms with Crippen molar-refractivity contribution in [3.63, 3.8) is 0 Å². The summed E-state index contributed by atoms with van der Waals surface area (Å²) in [7, 11) is 0. The molecular weight excluding hydrogens is 424 g/mol. The molecule has 0 radical (unpaired) electrons. The summed E-state index contributed by atoms with van der Waals surface area (Å²) in [6, 6.07) is 14.5. The Balaban J connectivity index is 1.25. The van der Waals surface area contributed by atoms with Crippen molar-refractivity contribution >= 4 is 28.5 Å². The molecule has 164 valence electrons. The summed E-state index contributed by atoms with van der Waals surface area (Å²) < 4.78 is 1.97. The van der Waals surface area contributed by atoms with Crippen LogP contribution in [0.3, 0.4) is 0 Å². The summed E-state index contributed by atoms with van der Waals surface area (Å²) in [4.78, 5) is 16.0. The van der Waals surface area contributed by atoms with Crippen LogP contribution in [-0.4, -0.2) is 56.9 Å². The summed E-state index contributed by atoms with van der Waals surface area (Å²) in [6.45, 7) is 4.74. The lowest BCUT2D eigenvalue weighted by Crippen LogP contribution is -2.48. The van der Waals surface area contributed by atoms with Gasteiger partial charge in [0.1, 0.15) is 11.9 Å². The van der Waals surface area contributed by atoms with Crippen LogP contribution in [0.4, 0.5) is 0 Å². The molecule has 1 aliphatic carbocycles. The number of aromatic nitrogens is 3. The van der Waals surface area contributed by atoms with Gasteiger partial charge in [0.25, 0.3) is 0 Å². The van der Waals surface area contributed by atoms with Crippen molar-refractivity contribution in [2.45, 2.75) is 32.4 Å². The van der Waals surface area contributed by atoms with E-state index < -0.39 is 0 Å². The highest BCUT2D eigenvalue weighted by Gasteiger charge is 2.24. The molecule has 0 unspecified atom stereocenters. The average Bonchev–Trinajstić information content (AvgIpc) is 3.53. The van der Waals surface area contributed by atoms with Crippen LogP contribution < -0.4 is 0 Å². The number of hydrogen-bond donors (Lipinski definition) is 0. The van der Waals surface area contributed by atoms with Gasteiger partial charge in [-0.2, -0.15) is 5.26 Å². The van der Waals surface area contributed by atoms with Gasteiger partial charge in [-0.15, -0.1) is 5.10 Å². The predicted molar refractivity (Wildman–Crippen MR) is 123 cm³/mol. The Hall–Kier alpha value is -2.95. The van der Waals surface area contributed by atoms with Crippen LogP contribution in [0.2, 0.25) is 5.02 Å². The third-order valence-corrected chi connectivity index (χ3v) is 6.76. The van der Waals surface area contributed by atoms with Crippen molar-refractivity contribution in [3.05, 3.63) is 47.0 Å². The van der Waals surface area contributed by atoms with E-state index in [0.717, 1.165) is 54.3 Å². The number of carbonyl (C=O) groups is 1. The molecule has 5 rings (SSSR count). The molecule has 2 heterocycles. The maximum absolute atomic E-state index is 11.9. The zero-order valence-electron chi connectivity index (χ0n) is 17.9. The van der Waals surface area contributed by atoms with Crippen LogP contribution in [0.1, 0.15) is 24.8 Å². The van der Waals surface area contributed by atoms with Gasteiger partial charge in [0.05, 0.1) is 16.6 Å². The minimum Gasteiger partial charge on any atom is -0.339 e. The highest BCUT2D eigenvalue weighted by atomic mass is 35.5. The Labute approximate surface area is 192 Å². The Morgan fingerprint density at radius 3 is 2.53 bits per heavy atom. The fourth-order valence-electron chi connectivity index (χ4n) is 4.29. The van der Waals surface area contributed by atoms with E-state index in [1.807, 2.05) is 10.8 Å². The Morgan fingerprint density at radius 1 is 1.09 bits per heavy atom. The molecule has 3 aromatic rings. The second-order valence-electron chi connectivity index (χ2n) is 8.70. The third-order valence-electron chi connectivity index (χ3n) is 6.38. The van der Waals surface area contributed by atoms with Gasteiger partial charge in [-0.05, 0) is 36.0 Å². The van der Waals surface area contributed by atoms with E-state index in [1.165, 1.54) is 18.4 Å². The lowest BCUT2D eigenvalue weighted by molar-refractivity contribution is -0.131. The van der Waals surface area contributed by atoms with Crippen LogP contribution in [0.15, 0.2) is 36.4 Å². The van der Waals surface area contributed by atoms with Crippen molar-refractivity contribution < 1.29 is 4.79 Å². The largest absolute Gasteiger partial charge is 0.339 e. The summed E-state index contributed by atoms with van der Waals surface area (Å²) in [6.07, 6.45) is 2.51. The van der Waals surface area contributed by atoms with Gasteiger partial charge in [0.2, 0.25) is 5.91 Å². The summed E-state index contributed by atoms with van der Waals surface area (Å²) in [5.74, 6) is 0.657. The van der Waals surface area contributed by atoms with Gasteiger partial charge in [0, 0.05) is 44.8 Å². The molecule has 1 saturated carbocycles. The van der Waals surface area contributed by atoms with Crippen molar-refractivity contribution in [2.75, 3.05) is 26.2 Å². The first-order valence-corrected chi connectivity index (χ1v) is 11.5. The second kappa shape index (κ2) is 8.89. The number of fused-ring (bicyclic) bond motifs is 1. The van der Waals surface area contributed by atoms with Gasteiger partial charge in [-0.25, -0.2) is 4.68 Å². The normalized spacial score (nSPS) is 16.9. The molecule has 32 heavy (non-hydrogen) atoms. The number of nitrogens with zero attached hydrogens (tertiary/aromatic N) is 6. The van der Waals surface area contributed by atoms with Crippen LogP contribution in [-0.2, 0) is 17.9 Å². The number of amides is 1. The molecule has 0 bridgehead atoms. The highest BCUT2D eigenvalue weighted by Crippen LogP contribution is 2.35. The molecule has 1 aromatic heterocycles. The average molecular weight is 449 g/mol. The van der Waals surface area contributed by atoms with E-state index in [1.54, 1.807) is 4.90 Å². The molecule has 1 saturated heterocycles. The van der Waals surface area contributed by atoms with E-state index in [4.69, 9.17) is 16.9 Å². The first-order valence-electron chi connectivity index (χ1n) is 11.1. The molecular formula is C24H25ClN6O. The molecule has 0 N–H and O–H groups in total. The van der Waals surface area contributed by atoms with Gasteiger partial charge in [-0.3, -0.25) is 9.69 Å². The minimum atomic E-state index is -0.0714. The van der Waals surface area contributed by atoms with Gasteiger partial charge < -0.3 is 4.90 Å². The standard InChI is InChI=1S/C24H25ClN6O/c25-23-20(7-8-21-24(23)27-28-31(21)16-18-1-2-18)19-5-3-17(4-6-19)15-29-11-13-30(14-12-29)22(32)9-10-26/h3-8,18H,1-2,9,11-16H2. The zero-order chi connectivity index (χ0) is 22.1. The number of carbonyl (C=O) groups excluding carboxylic acids is 1. The predicted octanol–water partition coefficient (Wildman–Crippen LogP) is 3.72. The van der Waals surface area contributed by atoms with Crippen LogP contribution in [0.25, 0.3) is 22.2 Å². The van der Waals surface area contributed by atoms with Crippen LogP contribution >= 0.6 is 11.6 Å². The Bertz CT molecular complexity index is 1170. The maximum atomic E-state index is 11.9. The van der Waals surface area contributed by atoms with E-state index in [-0.39, 0.29) is 12.3 Å². The van der Waals surface area contributed by atoms with Gasteiger partial charge in [0.15, 0.2) is 0 Å². The fraction of sp³-hybridized carbons (Fsp3) is 0.417. The molecule has 0 atom stereocenters. The summed E-state index contributed by atoms with van der Waals surface area (Å²) >= 11 is 6.72. The number of halogens is 1. The van der Waals surface area contributed by atoms with Crippen molar-refractivity contribution in [1.82, 2.24) is 24.8 Å². The highest BCUT2D eigenvalue weighted by molar-refractivity contribution is 6.37. The lowest BCUT2D eigenvalue weighted by Gasteiger charge is -2.34. The lowest BCUT2D eigenvalue weighted by atomic mass is 10.0. The molecule has 7 nitrogen and oxygen atoms in total. The molecule has 0 spiro atoms. The number of piperazine rings is 1. The van der Waals surface area contributed by atoms with E-state index >= 15 is 0 Å². The fourth-order valence-corrected chi connectivity index (χ4v) is 4.60. The Kier molecular flexibility index (Phi) is 5.81. The SMILES string of the molecule is N#CCC(=O)N1CCN(Cc2ccc(-c3ccc4c(nnn4CC4CC4)c3Cl)cc2)CC1. The number of nitriles is 1. The topological polar surface area (TPSA) is 78.1 Å². The van der Waals surface area contributed by atoms with E-state index in [9.17, 15) is 4.79 Å². The monoisotopic (exact) mass is 448 g/mol. The van der Waals surface area contributed by atoms with Crippen LogP contribution in [0.5, 0.6) is 0 Å². The van der Waals surface area contributed by atoms with E-state index in [2.05, 4.69) is 51.6 Å². The third kappa shape index (κ3) is 4.34. The van der Waals surface area contributed by atoms with Gasteiger partial charge in [-0.1, -0.05) is 47.1 Å². The number of benzene rings is 2.